The molecular weight excluding hydrogens is 410 g/mol. The number of nitrogens with one attached hydrogen (secondary N) is 2. The predicted molar refractivity (Wildman–Crippen MR) is 127 cm³/mol. The maximum Gasteiger partial charge on any atom is 0.229 e. The Kier molecular flexibility index (Phi) is 8.35. The molecule has 0 spiro atoms. The van der Waals surface area contributed by atoms with Crippen molar-refractivity contribution in [1.29, 1.82) is 0 Å². The molecule has 0 saturated carbocycles. The first-order chi connectivity index (χ1) is 14.8. The third-order valence-electron chi connectivity index (χ3n) is 5.59. The zero-order valence-electron chi connectivity index (χ0n) is 18.9. The number of piperidine rings is 1. The highest BCUT2D eigenvalue weighted by Crippen LogP contribution is 2.28. The van der Waals surface area contributed by atoms with Crippen LogP contribution >= 0.6 is 0 Å². The highest BCUT2D eigenvalue weighted by molar-refractivity contribution is 7.92. The maximum atomic E-state index is 11.4. The number of rotatable bonds is 10. The first-order valence-corrected chi connectivity index (χ1v) is 13.0. The van der Waals surface area contributed by atoms with Crippen molar-refractivity contribution in [3.05, 3.63) is 53.6 Å². The topological polar surface area (TPSA) is 70.7 Å². The van der Waals surface area contributed by atoms with Gasteiger partial charge in [-0.15, -0.1) is 0 Å². The van der Waals surface area contributed by atoms with E-state index in [0.717, 1.165) is 43.7 Å². The number of sulfonamides is 1. The summed E-state index contributed by atoms with van der Waals surface area (Å²) in [7, 11) is -3.29. The third kappa shape index (κ3) is 7.83. The van der Waals surface area contributed by atoms with E-state index >= 15 is 0 Å². The molecule has 6 nitrogen and oxygen atoms in total. The number of benzene rings is 2. The lowest BCUT2D eigenvalue weighted by Crippen LogP contribution is -2.42. The lowest BCUT2D eigenvalue weighted by atomic mass is 10.0. The average molecular weight is 446 g/mol. The van der Waals surface area contributed by atoms with Gasteiger partial charge in [0.05, 0.1) is 6.26 Å². The van der Waals surface area contributed by atoms with Gasteiger partial charge >= 0.3 is 0 Å². The Balaban J connectivity index is 1.50. The van der Waals surface area contributed by atoms with E-state index in [1.165, 1.54) is 31.2 Å². The fraction of sp³-hybridized carbons (Fsp3) is 0.500. The molecule has 7 heteroatoms. The highest BCUT2D eigenvalue weighted by atomic mass is 32.2. The summed E-state index contributed by atoms with van der Waals surface area (Å²) in [6.07, 6.45) is 6.08. The lowest BCUT2D eigenvalue weighted by Gasteiger charge is -2.32. The number of ether oxygens (including phenoxy) is 1. The zero-order valence-corrected chi connectivity index (χ0v) is 19.7. The molecule has 2 aromatic carbocycles. The smallest absolute Gasteiger partial charge is 0.229 e. The largest absolute Gasteiger partial charge is 0.457 e. The summed E-state index contributed by atoms with van der Waals surface area (Å²) in [6, 6.07) is 14.2. The van der Waals surface area contributed by atoms with E-state index in [-0.39, 0.29) is 0 Å². The van der Waals surface area contributed by atoms with Gasteiger partial charge in [-0.05, 0) is 87.3 Å². The molecule has 1 aliphatic heterocycles. The van der Waals surface area contributed by atoms with E-state index in [4.69, 9.17) is 4.74 Å². The van der Waals surface area contributed by atoms with Gasteiger partial charge in [0.25, 0.3) is 0 Å². The van der Waals surface area contributed by atoms with Crippen LogP contribution in [0.2, 0.25) is 0 Å². The SMILES string of the molecule is CCCCNC1CCN(Cc2ccc(Oc3ccc(NS(C)(=O)=O)cc3C)cc2)CC1. The van der Waals surface area contributed by atoms with Gasteiger partial charge in [-0.1, -0.05) is 25.5 Å². The summed E-state index contributed by atoms with van der Waals surface area (Å²) < 4.78 is 31.2. The number of anilines is 1. The van der Waals surface area contributed by atoms with Crippen LogP contribution in [-0.2, 0) is 16.6 Å². The van der Waals surface area contributed by atoms with Gasteiger partial charge in [0.2, 0.25) is 10.0 Å². The third-order valence-corrected chi connectivity index (χ3v) is 6.19. The monoisotopic (exact) mass is 445 g/mol. The van der Waals surface area contributed by atoms with Gasteiger partial charge in [0.15, 0.2) is 0 Å². The molecule has 1 saturated heterocycles. The molecule has 0 aliphatic carbocycles. The molecule has 0 bridgehead atoms. The van der Waals surface area contributed by atoms with Crippen molar-refractivity contribution in [1.82, 2.24) is 10.2 Å². The van der Waals surface area contributed by atoms with Crippen LogP contribution in [0.4, 0.5) is 5.69 Å². The normalized spacial score (nSPS) is 15.7. The molecule has 0 atom stereocenters. The van der Waals surface area contributed by atoms with Crippen LogP contribution in [-0.4, -0.2) is 45.2 Å². The second kappa shape index (κ2) is 11.0. The van der Waals surface area contributed by atoms with E-state index in [2.05, 4.69) is 34.0 Å². The van der Waals surface area contributed by atoms with Crippen LogP contribution in [0.1, 0.15) is 43.7 Å². The molecule has 2 aromatic rings. The van der Waals surface area contributed by atoms with Crippen molar-refractivity contribution in [3.63, 3.8) is 0 Å². The van der Waals surface area contributed by atoms with E-state index in [1.54, 1.807) is 18.2 Å². The molecule has 0 amide bonds. The number of unbranched alkanes of at least 4 members (excludes halogenated alkanes) is 1. The predicted octanol–water partition coefficient (Wildman–Crippen LogP) is 4.51. The van der Waals surface area contributed by atoms with E-state index < -0.39 is 10.0 Å². The summed E-state index contributed by atoms with van der Waals surface area (Å²) in [5.41, 5.74) is 2.69. The molecule has 31 heavy (non-hydrogen) atoms. The van der Waals surface area contributed by atoms with Crippen molar-refractivity contribution >= 4 is 15.7 Å². The summed E-state index contributed by atoms with van der Waals surface area (Å²) in [5, 5.41) is 3.68. The molecular formula is C24H35N3O3S. The van der Waals surface area contributed by atoms with Gasteiger partial charge in [-0.2, -0.15) is 0 Å². The first-order valence-electron chi connectivity index (χ1n) is 11.1. The molecule has 0 unspecified atom stereocenters. The molecule has 1 heterocycles. The van der Waals surface area contributed by atoms with Crippen molar-refractivity contribution in [2.24, 2.45) is 0 Å². The second-order valence-corrected chi connectivity index (χ2v) is 10.2. The molecule has 0 radical (unpaired) electrons. The Labute approximate surface area is 187 Å². The van der Waals surface area contributed by atoms with Crippen LogP contribution < -0.4 is 14.8 Å². The van der Waals surface area contributed by atoms with Crippen molar-refractivity contribution in [2.75, 3.05) is 30.6 Å². The fourth-order valence-corrected chi connectivity index (χ4v) is 4.42. The number of likely N-dealkylation sites (tertiary alicyclic amines) is 1. The van der Waals surface area contributed by atoms with Crippen molar-refractivity contribution in [2.45, 2.75) is 52.1 Å². The first kappa shape index (κ1) is 23.6. The molecule has 2 N–H and O–H groups in total. The van der Waals surface area contributed by atoms with Crippen LogP contribution in [0.25, 0.3) is 0 Å². The lowest BCUT2D eigenvalue weighted by molar-refractivity contribution is 0.190. The van der Waals surface area contributed by atoms with Crippen LogP contribution in [0.3, 0.4) is 0 Å². The molecule has 3 rings (SSSR count). The summed E-state index contributed by atoms with van der Waals surface area (Å²) in [4.78, 5) is 2.52. The van der Waals surface area contributed by atoms with Crippen LogP contribution in [0.15, 0.2) is 42.5 Å². The Bertz CT molecular complexity index is 937. The van der Waals surface area contributed by atoms with E-state index in [0.29, 0.717) is 17.5 Å². The number of aryl methyl sites for hydroxylation is 1. The zero-order chi connectivity index (χ0) is 22.3. The van der Waals surface area contributed by atoms with Gasteiger partial charge in [0, 0.05) is 18.3 Å². The van der Waals surface area contributed by atoms with Crippen LogP contribution in [0, 0.1) is 6.92 Å². The Hall–Kier alpha value is -2.09. The Morgan fingerprint density at radius 3 is 2.42 bits per heavy atom. The summed E-state index contributed by atoms with van der Waals surface area (Å²) in [5.74, 6) is 1.49. The molecule has 0 aromatic heterocycles. The number of hydrogen-bond donors (Lipinski definition) is 2. The minimum atomic E-state index is -3.29. The molecule has 1 aliphatic rings. The average Bonchev–Trinajstić information content (AvgIpc) is 2.72. The van der Waals surface area contributed by atoms with E-state index in [1.807, 2.05) is 19.1 Å². The summed E-state index contributed by atoms with van der Waals surface area (Å²) >= 11 is 0. The number of hydrogen-bond acceptors (Lipinski definition) is 5. The van der Waals surface area contributed by atoms with Crippen LogP contribution in [0.5, 0.6) is 11.5 Å². The molecule has 1 fully saturated rings. The van der Waals surface area contributed by atoms with Gasteiger partial charge in [-0.3, -0.25) is 9.62 Å². The minimum Gasteiger partial charge on any atom is -0.457 e. The highest BCUT2D eigenvalue weighted by Gasteiger charge is 2.18. The number of nitrogens with zero attached hydrogens (tertiary/aromatic N) is 1. The standard InChI is InChI=1S/C24H35N3O3S/c1-4-5-14-25-21-12-15-27(16-13-21)18-20-6-9-23(10-7-20)30-24-11-8-22(17-19(24)2)26-31(3,28)29/h6-11,17,21,25-26H,4-5,12-16,18H2,1-3H3. The van der Waals surface area contributed by atoms with Gasteiger partial charge in [-0.25, -0.2) is 8.42 Å². The van der Waals surface area contributed by atoms with Gasteiger partial charge in [0.1, 0.15) is 11.5 Å². The maximum absolute atomic E-state index is 11.4. The fourth-order valence-electron chi connectivity index (χ4n) is 3.87. The summed E-state index contributed by atoms with van der Waals surface area (Å²) in [6.45, 7) is 8.50. The second-order valence-electron chi connectivity index (χ2n) is 8.46. The quantitative estimate of drug-likeness (QED) is 0.527. The molecule has 170 valence electrons. The Morgan fingerprint density at radius 2 is 1.81 bits per heavy atom. The van der Waals surface area contributed by atoms with Crippen molar-refractivity contribution in [3.8, 4) is 11.5 Å². The minimum absolute atomic E-state index is 0.534. The van der Waals surface area contributed by atoms with E-state index in [9.17, 15) is 8.42 Å². The van der Waals surface area contributed by atoms with Gasteiger partial charge < -0.3 is 10.1 Å². The van der Waals surface area contributed by atoms with Crippen molar-refractivity contribution < 1.29 is 13.2 Å². The Morgan fingerprint density at radius 1 is 1.10 bits per heavy atom.